The van der Waals surface area contributed by atoms with Crippen molar-refractivity contribution in [2.75, 3.05) is 6.54 Å². The summed E-state index contributed by atoms with van der Waals surface area (Å²) in [4.78, 5) is 13.6. The molecule has 0 spiro atoms. The van der Waals surface area contributed by atoms with Crippen LogP contribution < -0.4 is 5.73 Å². The number of rotatable bonds is 4. The maximum absolute atomic E-state index is 13.9. The number of nitrogens with zero attached hydrogens (tertiary/aromatic N) is 1. The Kier molecular flexibility index (Phi) is 5.83. The summed E-state index contributed by atoms with van der Waals surface area (Å²) in [7, 11) is 0. The molecule has 0 bridgehead atoms. The van der Waals surface area contributed by atoms with Crippen molar-refractivity contribution in [1.29, 1.82) is 0 Å². The zero-order valence-corrected chi connectivity index (χ0v) is 14.5. The van der Waals surface area contributed by atoms with Crippen LogP contribution in [0.4, 0.5) is 9.18 Å². The molecule has 4 atom stereocenters. The summed E-state index contributed by atoms with van der Waals surface area (Å²) in [6.07, 6.45) is -2.28. The second kappa shape index (κ2) is 7.49. The van der Waals surface area contributed by atoms with Crippen LogP contribution in [0.15, 0.2) is 30.3 Å². The van der Waals surface area contributed by atoms with E-state index in [2.05, 4.69) is 0 Å². The number of halogens is 1. The molecule has 134 valence electrons. The van der Waals surface area contributed by atoms with Crippen LogP contribution in [0, 0.1) is 0 Å². The Morgan fingerprint density at radius 2 is 2.04 bits per heavy atom. The first-order chi connectivity index (χ1) is 11.2. The number of hydrogen-bond donors (Lipinski definition) is 2. The molecule has 1 aromatic carbocycles. The number of aliphatic hydroxyl groups excluding tert-OH is 1. The molecule has 24 heavy (non-hydrogen) atoms. The minimum atomic E-state index is -1.18. The monoisotopic (exact) mass is 338 g/mol. The Labute approximate surface area is 142 Å². The van der Waals surface area contributed by atoms with Crippen LogP contribution in [0.25, 0.3) is 0 Å². The van der Waals surface area contributed by atoms with Gasteiger partial charge in [-0.25, -0.2) is 9.18 Å². The van der Waals surface area contributed by atoms with Crippen molar-refractivity contribution in [3.05, 3.63) is 35.9 Å². The van der Waals surface area contributed by atoms with Gasteiger partial charge >= 0.3 is 6.09 Å². The summed E-state index contributed by atoms with van der Waals surface area (Å²) in [6.45, 7) is 5.18. The summed E-state index contributed by atoms with van der Waals surface area (Å²) < 4.78 is 19.2. The highest BCUT2D eigenvalue weighted by Crippen LogP contribution is 2.27. The lowest BCUT2D eigenvalue weighted by molar-refractivity contribution is 0.000710. The molecule has 1 aliphatic heterocycles. The number of likely N-dealkylation sites (tertiary alicyclic amines) is 1. The Hall–Kier alpha value is -1.66. The second-order valence-electron chi connectivity index (χ2n) is 7.38. The Morgan fingerprint density at radius 3 is 2.62 bits per heavy atom. The van der Waals surface area contributed by atoms with Crippen LogP contribution in [-0.2, 0) is 11.2 Å². The fraction of sp³-hybridized carbons (Fsp3) is 0.611. The van der Waals surface area contributed by atoms with E-state index in [1.165, 1.54) is 4.90 Å². The molecular formula is C18H27FN2O3. The average Bonchev–Trinajstić information content (AvgIpc) is 2.88. The minimum absolute atomic E-state index is 0.0723. The van der Waals surface area contributed by atoms with Gasteiger partial charge in [0, 0.05) is 12.5 Å². The van der Waals surface area contributed by atoms with Crippen molar-refractivity contribution in [2.45, 2.75) is 63.6 Å². The zero-order valence-electron chi connectivity index (χ0n) is 14.5. The molecule has 1 fully saturated rings. The van der Waals surface area contributed by atoms with E-state index in [0.29, 0.717) is 6.42 Å². The molecular weight excluding hydrogens is 311 g/mol. The van der Waals surface area contributed by atoms with Crippen molar-refractivity contribution >= 4 is 6.09 Å². The van der Waals surface area contributed by atoms with E-state index in [0.717, 1.165) is 5.56 Å². The molecule has 0 aliphatic carbocycles. The number of benzene rings is 1. The molecule has 0 saturated carbocycles. The minimum Gasteiger partial charge on any atom is -0.444 e. The molecule has 0 aromatic heterocycles. The number of carbonyl (C=O) groups excluding carboxylic acids is 1. The summed E-state index contributed by atoms with van der Waals surface area (Å²) in [5.41, 5.74) is 6.43. The van der Waals surface area contributed by atoms with Gasteiger partial charge in [-0.3, -0.25) is 4.90 Å². The SMILES string of the molecule is CC(C)(C)OC(=O)N1CC(F)CC1[C@@H](O)[C@@H](N)Cc1ccccc1. The number of nitrogens with two attached hydrogens (primary N) is 1. The van der Waals surface area contributed by atoms with Crippen LogP contribution in [0.5, 0.6) is 0 Å². The van der Waals surface area contributed by atoms with Crippen LogP contribution in [-0.4, -0.2) is 52.6 Å². The Balaban J connectivity index is 2.05. The van der Waals surface area contributed by atoms with Gasteiger partial charge in [0.25, 0.3) is 0 Å². The largest absolute Gasteiger partial charge is 0.444 e. The summed E-state index contributed by atoms with van der Waals surface area (Å²) >= 11 is 0. The third-order valence-electron chi connectivity index (χ3n) is 4.07. The first-order valence-corrected chi connectivity index (χ1v) is 8.28. The predicted octanol–water partition coefficient (Wildman–Crippen LogP) is 2.26. The van der Waals surface area contributed by atoms with Gasteiger partial charge in [0.2, 0.25) is 0 Å². The average molecular weight is 338 g/mol. The first-order valence-electron chi connectivity index (χ1n) is 8.28. The Bertz CT molecular complexity index is 547. The Morgan fingerprint density at radius 1 is 1.42 bits per heavy atom. The molecule has 5 nitrogen and oxygen atoms in total. The molecule has 1 aliphatic rings. The predicted molar refractivity (Wildman–Crippen MR) is 90.4 cm³/mol. The molecule has 0 radical (unpaired) electrons. The maximum Gasteiger partial charge on any atom is 0.410 e. The van der Waals surface area contributed by atoms with Crippen LogP contribution in [0.1, 0.15) is 32.8 Å². The van der Waals surface area contributed by atoms with E-state index in [-0.39, 0.29) is 13.0 Å². The highest BCUT2D eigenvalue weighted by atomic mass is 19.1. The summed E-state index contributed by atoms with van der Waals surface area (Å²) in [6, 6.07) is 8.28. The number of hydrogen-bond acceptors (Lipinski definition) is 4. The van der Waals surface area contributed by atoms with E-state index in [1.807, 2.05) is 30.3 Å². The normalized spacial score (nSPS) is 23.8. The molecule has 6 heteroatoms. The number of carbonyl (C=O) groups is 1. The van der Waals surface area contributed by atoms with Gasteiger partial charge in [0.05, 0.1) is 18.7 Å². The molecule has 3 N–H and O–H groups in total. The standard InChI is InChI=1S/C18H27FN2O3/c1-18(2,3)24-17(23)21-11-13(19)10-15(21)16(22)14(20)9-12-7-5-4-6-8-12/h4-8,13-16,22H,9-11,20H2,1-3H3/t13?,14-,15?,16-/m0/s1. The van der Waals surface area contributed by atoms with Crippen molar-refractivity contribution < 1.29 is 19.0 Å². The molecule has 1 saturated heterocycles. The van der Waals surface area contributed by atoms with Crippen LogP contribution in [0.2, 0.25) is 0 Å². The van der Waals surface area contributed by atoms with Gasteiger partial charge in [0.15, 0.2) is 0 Å². The highest BCUT2D eigenvalue weighted by Gasteiger charge is 2.43. The third-order valence-corrected chi connectivity index (χ3v) is 4.07. The fourth-order valence-corrected chi connectivity index (χ4v) is 2.96. The van der Waals surface area contributed by atoms with E-state index in [4.69, 9.17) is 10.5 Å². The maximum atomic E-state index is 13.9. The fourth-order valence-electron chi connectivity index (χ4n) is 2.96. The van der Waals surface area contributed by atoms with Gasteiger partial charge in [-0.15, -0.1) is 0 Å². The lowest BCUT2D eigenvalue weighted by atomic mass is 9.95. The van der Waals surface area contributed by atoms with E-state index < -0.39 is 36.1 Å². The van der Waals surface area contributed by atoms with Crippen LogP contribution >= 0.6 is 0 Å². The summed E-state index contributed by atoms with van der Waals surface area (Å²) in [5, 5.41) is 10.6. The van der Waals surface area contributed by atoms with Gasteiger partial charge < -0.3 is 15.6 Å². The number of aliphatic hydroxyl groups is 1. The van der Waals surface area contributed by atoms with E-state index in [1.54, 1.807) is 20.8 Å². The van der Waals surface area contributed by atoms with Crippen molar-refractivity contribution in [3.8, 4) is 0 Å². The van der Waals surface area contributed by atoms with Gasteiger partial charge in [0.1, 0.15) is 11.8 Å². The van der Waals surface area contributed by atoms with Gasteiger partial charge in [-0.1, -0.05) is 30.3 Å². The highest BCUT2D eigenvalue weighted by molar-refractivity contribution is 5.69. The van der Waals surface area contributed by atoms with Crippen LogP contribution in [0.3, 0.4) is 0 Å². The van der Waals surface area contributed by atoms with Gasteiger partial charge in [-0.2, -0.15) is 0 Å². The summed E-state index contributed by atoms with van der Waals surface area (Å²) in [5.74, 6) is 0. The second-order valence-corrected chi connectivity index (χ2v) is 7.38. The molecule has 2 unspecified atom stereocenters. The van der Waals surface area contributed by atoms with Crippen molar-refractivity contribution in [1.82, 2.24) is 4.90 Å². The lowest BCUT2D eigenvalue weighted by Crippen LogP contribution is -2.52. The van der Waals surface area contributed by atoms with E-state index >= 15 is 0 Å². The molecule has 1 amide bonds. The number of alkyl halides is 1. The lowest BCUT2D eigenvalue weighted by Gasteiger charge is -2.33. The smallest absolute Gasteiger partial charge is 0.410 e. The number of amides is 1. The molecule has 2 rings (SSSR count). The zero-order chi connectivity index (χ0) is 17.9. The molecule has 1 heterocycles. The third kappa shape index (κ3) is 4.92. The molecule has 1 aromatic rings. The van der Waals surface area contributed by atoms with Crippen molar-refractivity contribution in [3.63, 3.8) is 0 Å². The first kappa shape index (κ1) is 18.7. The number of ether oxygens (including phenoxy) is 1. The van der Waals surface area contributed by atoms with Gasteiger partial charge in [-0.05, 0) is 32.8 Å². The van der Waals surface area contributed by atoms with Crippen molar-refractivity contribution in [2.24, 2.45) is 5.73 Å². The van der Waals surface area contributed by atoms with E-state index in [9.17, 15) is 14.3 Å². The topological polar surface area (TPSA) is 75.8 Å². The quantitative estimate of drug-likeness (QED) is 0.883.